The lowest BCUT2D eigenvalue weighted by Crippen LogP contribution is -2.43. The van der Waals surface area contributed by atoms with Crippen molar-refractivity contribution in [3.8, 4) is 0 Å². The molecule has 1 saturated carbocycles. The Labute approximate surface area is 132 Å². The van der Waals surface area contributed by atoms with E-state index in [0.29, 0.717) is 17.2 Å². The lowest BCUT2D eigenvalue weighted by molar-refractivity contribution is 0.232. The lowest BCUT2D eigenvalue weighted by atomic mass is 9.86. The van der Waals surface area contributed by atoms with Gasteiger partial charge in [0.05, 0.1) is 5.75 Å². The molecule has 1 aliphatic rings. The summed E-state index contributed by atoms with van der Waals surface area (Å²) in [6.45, 7) is 2.16. The van der Waals surface area contributed by atoms with E-state index in [2.05, 4.69) is 17.6 Å². The fourth-order valence-corrected chi connectivity index (χ4v) is 3.69. The Kier molecular flexibility index (Phi) is 5.45. The molecule has 0 aliphatic heterocycles. The molecule has 1 aromatic carbocycles. The fraction of sp³-hybridized carbons (Fsp3) is 0.562. The summed E-state index contributed by atoms with van der Waals surface area (Å²) in [6, 6.07) is 6.94. The molecule has 122 valence electrons. The first-order valence-corrected chi connectivity index (χ1v) is 9.74. The van der Waals surface area contributed by atoms with E-state index >= 15 is 0 Å². The van der Waals surface area contributed by atoms with Gasteiger partial charge in [0.1, 0.15) is 0 Å². The van der Waals surface area contributed by atoms with Crippen molar-refractivity contribution in [1.29, 1.82) is 0 Å². The molecule has 2 amide bonds. The zero-order valence-electron chi connectivity index (χ0n) is 13.1. The van der Waals surface area contributed by atoms with Crippen LogP contribution in [-0.2, 0) is 15.6 Å². The number of amides is 2. The lowest BCUT2D eigenvalue weighted by Gasteiger charge is -2.29. The standard InChI is InChI=1S/C16H24N2O3S/c1-12-6-3-4-9-15(12)18-16(19)17-14-8-5-7-13(10-14)11-22(2,20)21/h5,7-8,10,12,15H,3-4,6,9,11H2,1-2H3,(H2,17,18,19). The van der Waals surface area contributed by atoms with Gasteiger partial charge in [-0.05, 0) is 36.5 Å². The molecule has 0 saturated heterocycles. The van der Waals surface area contributed by atoms with Crippen molar-refractivity contribution in [2.24, 2.45) is 5.92 Å². The number of anilines is 1. The zero-order valence-corrected chi connectivity index (χ0v) is 13.9. The van der Waals surface area contributed by atoms with E-state index in [9.17, 15) is 13.2 Å². The average Bonchev–Trinajstić information content (AvgIpc) is 2.40. The van der Waals surface area contributed by atoms with Crippen LogP contribution in [-0.4, -0.2) is 26.7 Å². The Hall–Kier alpha value is -1.56. The molecule has 22 heavy (non-hydrogen) atoms. The molecule has 2 N–H and O–H groups in total. The van der Waals surface area contributed by atoms with Gasteiger partial charge in [-0.1, -0.05) is 31.9 Å². The van der Waals surface area contributed by atoms with Crippen molar-refractivity contribution < 1.29 is 13.2 Å². The quantitative estimate of drug-likeness (QED) is 0.894. The molecule has 0 spiro atoms. The van der Waals surface area contributed by atoms with E-state index in [0.717, 1.165) is 19.3 Å². The first-order valence-electron chi connectivity index (χ1n) is 7.68. The van der Waals surface area contributed by atoms with E-state index in [4.69, 9.17) is 0 Å². The van der Waals surface area contributed by atoms with E-state index in [1.165, 1.54) is 12.7 Å². The van der Waals surface area contributed by atoms with E-state index < -0.39 is 9.84 Å². The Morgan fingerprint density at radius 3 is 2.68 bits per heavy atom. The first-order chi connectivity index (χ1) is 10.3. The topological polar surface area (TPSA) is 75.3 Å². The van der Waals surface area contributed by atoms with Gasteiger partial charge < -0.3 is 10.6 Å². The molecule has 2 unspecified atom stereocenters. The molecule has 1 fully saturated rings. The van der Waals surface area contributed by atoms with Crippen molar-refractivity contribution in [2.45, 2.75) is 44.4 Å². The average molecular weight is 324 g/mol. The third-order valence-corrected chi connectivity index (χ3v) is 4.90. The van der Waals surface area contributed by atoms with Crippen molar-refractivity contribution in [3.63, 3.8) is 0 Å². The van der Waals surface area contributed by atoms with Crippen LogP contribution in [0.15, 0.2) is 24.3 Å². The van der Waals surface area contributed by atoms with Crippen LogP contribution in [0.25, 0.3) is 0 Å². The number of carbonyl (C=O) groups is 1. The molecule has 1 aliphatic carbocycles. The summed E-state index contributed by atoms with van der Waals surface area (Å²) >= 11 is 0. The van der Waals surface area contributed by atoms with Gasteiger partial charge in [0.15, 0.2) is 9.84 Å². The first kappa shape index (κ1) is 16.8. The SMILES string of the molecule is CC1CCCCC1NC(=O)Nc1cccc(CS(C)(=O)=O)c1. The van der Waals surface area contributed by atoms with Crippen molar-refractivity contribution in [2.75, 3.05) is 11.6 Å². The highest BCUT2D eigenvalue weighted by molar-refractivity contribution is 7.89. The smallest absolute Gasteiger partial charge is 0.319 e. The molecular formula is C16H24N2O3S. The van der Waals surface area contributed by atoms with Crippen LogP contribution in [0.3, 0.4) is 0 Å². The highest BCUT2D eigenvalue weighted by Gasteiger charge is 2.22. The van der Waals surface area contributed by atoms with Crippen LogP contribution < -0.4 is 10.6 Å². The molecule has 1 aromatic rings. The summed E-state index contributed by atoms with van der Waals surface area (Å²) in [6.07, 6.45) is 5.75. The predicted molar refractivity (Wildman–Crippen MR) is 88.6 cm³/mol. The number of urea groups is 1. The Bertz CT molecular complexity index is 628. The van der Waals surface area contributed by atoms with Crippen LogP contribution >= 0.6 is 0 Å². The molecule has 0 heterocycles. The van der Waals surface area contributed by atoms with Gasteiger partial charge in [0.2, 0.25) is 0 Å². The van der Waals surface area contributed by atoms with Gasteiger partial charge in [0.25, 0.3) is 0 Å². The number of hydrogen-bond donors (Lipinski definition) is 2. The normalized spacial score (nSPS) is 22.1. The maximum atomic E-state index is 12.1. The largest absolute Gasteiger partial charge is 0.335 e. The third kappa shape index (κ3) is 5.33. The Balaban J connectivity index is 1.95. The summed E-state index contributed by atoms with van der Waals surface area (Å²) in [5.74, 6) is 0.472. The van der Waals surface area contributed by atoms with Gasteiger partial charge in [-0.25, -0.2) is 13.2 Å². The molecule has 0 aromatic heterocycles. The summed E-state index contributed by atoms with van der Waals surface area (Å²) in [7, 11) is -3.08. The summed E-state index contributed by atoms with van der Waals surface area (Å²) < 4.78 is 22.7. The van der Waals surface area contributed by atoms with E-state index in [-0.39, 0.29) is 17.8 Å². The molecule has 0 radical (unpaired) electrons. The molecule has 6 heteroatoms. The van der Waals surface area contributed by atoms with E-state index in [1.54, 1.807) is 24.3 Å². The molecular weight excluding hydrogens is 300 g/mol. The van der Waals surface area contributed by atoms with Crippen LogP contribution in [0.1, 0.15) is 38.2 Å². The summed E-state index contributed by atoms with van der Waals surface area (Å²) in [5.41, 5.74) is 1.29. The molecule has 5 nitrogen and oxygen atoms in total. The van der Waals surface area contributed by atoms with Crippen LogP contribution in [0, 0.1) is 5.92 Å². The highest BCUT2D eigenvalue weighted by atomic mass is 32.2. The summed E-state index contributed by atoms with van der Waals surface area (Å²) in [5, 5.41) is 5.81. The number of hydrogen-bond acceptors (Lipinski definition) is 3. The number of nitrogens with one attached hydrogen (secondary N) is 2. The third-order valence-electron chi connectivity index (χ3n) is 4.04. The molecule has 2 atom stereocenters. The number of sulfone groups is 1. The minimum absolute atomic E-state index is 0.0240. The second kappa shape index (κ2) is 7.13. The maximum absolute atomic E-state index is 12.1. The molecule has 2 rings (SSSR count). The minimum atomic E-state index is -3.08. The second-order valence-corrected chi connectivity index (χ2v) is 8.38. The van der Waals surface area contributed by atoms with Crippen LogP contribution in [0.2, 0.25) is 0 Å². The fourth-order valence-electron chi connectivity index (χ4n) is 2.91. The van der Waals surface area contributed by atoms with Crippen molar-refractivity contribution in [1.82, 2.24) is 5.32 Å². The summed E-state index contributed by atoms with van der Waals surface area (Å²) in [4.78, 5) is 12.1. The van der Waals surface area contributed by atoms with Gasteiger partial charge in [-0.2, -0.15) is 0 Å². The van der Waals surface area contributed by atoms with Gasteiger partial charge >= 0.3 is 6.03 Å². The number of rotatable bonds is 4. The highest BCUT2D eigenvalue weighted by Crippen LogP contribution is 2.23. The monoisotopic (exact) mass is 324 g/mol. The zero-order chi connectivity index (χ0) is 16.2. The van der Waals surface area contributed by atoms with E-state index in [1.807, 2.05) is 0 Å². The number of benzene rings is 1. The minimum Gasteiger partial charge on any atom is -0.335 e. The van der Waals surface area contributed by atoms with Gasteiger partial charge in [0, 0.05) is 18.0 Å². The number of carbonyl (C=O) groups excluding carboxylic acids is 1. The van der Waals surface area contributed by atoms with Gasteiger partial charge in [-0.3, -0.25) is 0 Å². The molecule has 0 bridgehead atoms. The van der Waals surface area contributed by atoms with Crippen molar-refractivity contribution >= 4 is 21.6 Å². The van der Waals surface area contributed by atoms with Crippen molar-refractivity contribution in [3.05, 3.63) is 29.8 Å². The van der Waals surface area contributed by atoms with Crippen LogP contribution in [0.4, 0.5) is 10.5 Å². The maximum Gasteiger partial charge on any atom is 0.319 e. The van der Waals surface area contributed by atoms with Gasteiger partial charge in [-0.15, -0.1) is 0 Å². The van der Waals surface area contributed by atoms with Crippen LogP contribution in [0.5, 0.6) is 0 Å². The Morgan fingerprint density at radius 1 is 1.27 bits per heavy atom. The predicted octanol–water partition coefficient (Wildman–Crippen LogP) is 2.93. The second-order valence-electron chi connectivity index (χ2n) is 6.24. The Morgan fingerprint density at radius 2 is 2.00 bits per heavy atom.